The summed E-state index contributed by atoms with van der Waals surface area (Å²) in [5, 5.41) is 0. The standard InChI is InChI=1S/C12H22N2O/c1-8(2)12(15)14-7-10-5-11(14)6-13(10)9(3)4/h8-11H,5-7H2,1-4H3. The van der Waals surface area contributed by atoms with E-state index in [-0.39, 0.29) is 5.92 Å². The van der Waals surface area contributed by atoms with Crippen LogP contribution in [0.4, 0.5) is 0 Å². The Kier molecular flexibility index (Phi) is 2.75. The maximum Gasteiger partial charge on any atom is 0.225 e. The molecule has 0 radical (unpaired) electrons. The SMILES string of the molecule is CC(C)C(=O)N1CC2CC1CN2C(C)C. The van der Waals surface area contributed by atoms with Crippen molar-refractivity contribution in [2.24, 2.45) is 5.92 Å². The second-order valence-corrected chi connectivity index (χ2v) is 5.48. The fourth-order valence-electron chi connectivity index (χ4n) is 2.93. The number of amides is 1. The molecule has 2 heterocycles. The van der Waals surface area contributed by atoms with Gasteiger partial charge in [-0.15, -0.1) is 0 Å². The van der Waals surface area contributed by atoms with Gasteiger partial charge in [0.15, 0.2) is 0 Å². The van der Waals surface area contributed by atoms with E-state index in [0.717, 1.165) is 13.1 Å². The molecule has 2 saturated heterocycles. The summed E-state index contributed by atoms with van der Waals surface area (Å²) in [4.78, 5) is 16.6. The first-order valence-electron chi connectivity index (χ1n) is 6.07. The predicted molar refractivity (Wildman–Crippen MR) is 60.6 cm³/mol. The Bertz CT molecular complexity index is 262. The molecule has 3 nitrogen and oxygen atoms in total. The summed E-state index contributed by atoms with van der Waals surface area (Å²) < 4.78 is 0. The monoisotopic (exact) mass is 210 g/mol. The molecule has 2 bridgehead atoms. The minimum atomic E-state index is 0.150. The van der Waals surface area contributed by atoms with E-state index in [2.05, 4.69) is 23.6 Å². The van der Waals surface area contributed by atoms with Crippen LogP contribution in [0.5, 0.6) is 0 Å². The van der Waals surface area contributed by atoms with E-state index in [1.165, 1.54) is 6.42 Å². The molecule has 2 unspecified atom stereocenters. The molecule has 2 rings (SSSR count). The molecule has 0 saturated carbocycles. The highest BCUT2D eigenvalue weighted by molar-refractivity contribution is 5.79. The van der Waals surface area contributed by atoms with Crippen LogP contribution >= 0.6 is 0 Å². The van der Waals surface area contributed by atoms with Crippen molar-refractivity contribution in [3.8, 4) is 0 Å². The van der Waals surface area contributed by atoms with Gasteiger partial charge in [-0.3, -0.25) is 9.69 Å². The molecule has 0 aromatic rings. The van der Waals surface area contributed by atoms with Crippen molar-refractivity contribution >= 4 is 5.91 Å². The average Bonchev–Trinajstić information content (AvgIpc) is 2.74. The molecule has 0 aliphatic carbocycles. The van der Waals surface area contributed by atoms with E-state index in [0.29, 0.717) is 24.0 Å². The number of fused-ring (bicyclic) bond motifs is 2. The second-order valence-electron chi connectivity index (χ2n) is 5.48. The number of carbonyl (C=O) groups is 1. The van der Waals surface area contributed by atoms with E-state index in [4.69, 9.17) is 0 Å². The predicted octanol–water partition coefficient (Wildman–Crippen LogP) is 1.34. The van der Waals surface area contributed by atoms with Crippen LogP contribution in [-0.2, 0) is 4.79 Å². The van der Waals surface area contributed by atoms with Gasteiger partial charge in [0, 0.05) is 37.1 Å². The van der Waals surface area contributed by atoms with Gasteiger partial charge in [0.05, 0.1) is 0 Å². The van der Waals surface area contributed by atoms with Crippen LogP contribution in [0, 0.1) is 5.92 Å². The van der Waals surface area contributed by atoms with Crippen molar-refractivity contribution in [1.82, 2.24) is 9.80 Å². The molecule has 2 fully saturated rings. The highest BCUT2D eigenvalue weighted by Gasteiger charge is 2.45. The van der Waals surface area contributed by atoms with E-state index in [9.17, 15) is 4.79 Å². The number of hydrogen-bond donors (Lipinski definition) is 0. The first-order chi connectivity index (χ1) is 7.00. The average molecular weight is 210 g/mol. The van der Waals surface area contributed by atoms with E-state index in [1.807, 2.05) is 13.8 Å². The van der Waals surface area contributed by atoms with Crippen molar-refractivity contribution in [3.63, 3.8) is 0 Å². The number of rotatable bonds is 2. The van der Waals surface area contributed by atoms with Gasteiger partial charge in [-0.2, -0.15) is 0 Å². The zero-order valence-corrected chi connectivity index (χ0v) is 10.2. The molecular weight excluding hydrogens is 188 g/mol. The van der Waals surface area contributed by atoms with Crippen LogP contribution in [0.25, 0.3) is 0 Å². The normalized spacial score (nSPS) is 30.9. The largest absolute Gasteiger partial charge is 0.337 e. The van der Waals surface area contributed by atoms with Crippen molar-refractivity contribution in [2.45, 2.75) is 52.2 Å². The lowest BCUT2D eigenvalue weighted by Gasteiger charge is -2.37. The quantitative estimate of drug-likeness (QED) is 0.686. The first kappa shape index (κ1) is 10.9. The Morgan fingerprint density at radius 3 is 2.20 bits per heavy atom. The highest BCUT2D eigenvalue weighted by Crippen LogP contribution is 2.32. The summed E-state index contributed by atoms with van der Waals surface area (Å²) in [6.07, 6.45) is 1.19. The molecule has 0 N–H and O–H groups in total. The number of nitrogens with zero attached hydrogens (tertiary/aromatic N) is 2. The van der Waals surface area contributed by atoms with Crippen LogP contribution < -0.4 is 0 Å². The molecule has 0 spiro atoms. The fourth-order valence-corrected chi connectivity index (χ4v) is 2.93. The van der Waals surface area contributed by atoms with Crippen molar-refractivity contribution in [2.75, 3.05) is 13.1 Å². The van der Waals surface area contributed by atoms with Gasteiger partial charge >= 0.3 is 0 Å². The Morgan fingerprint density at radius 1 is 1.13 bits per heavy atom. The van der Waals surface area contributed by atoms with Gasteiger partial charge < -0.3 is 4.90 Å². The van der Waals surface area contributed by atoms with Gasteiger partial charge in [-0.25, -0.2) is 0 Å². The van der Waals surface area contributed by atoms with Gasteiger partial charge in [-0.1, -0.05) is 13.8 Å². The number of piperazine rings is 1. The third-order valence-corrected chi connectivity index (χ3v) is 3.72. The second kappa shape index (κ2) is 3.78. The van der Waals surface area contributed by atoms with Crippen LogP contribution in [-0.4, -0.2) is 46.9 Å². The van der Waals surface area contributed by atoms with Gasteiger partial charge in [0.1, 0.15) is 0 Å². The summed E-state index contributed by atoms with van der Waals surface area (Å²) in [7, 11) is 0. The van der Waals surface area contributed by atoms with E-state index in [1.54, 1.807) is 0 Å². The summed E-state index contributed by atoms with van der Waals surface area (Å²) in [6, 6.07) is 1.74. The maximum atomic E-state index is 11.9. The Hall–Kier alpha value is -0.570. The van der Waals surface area contributed by atoms with Crippen LogP contribution in [0.15, 0.2) is 0 Å². The number of likely N-dealkylation sites (tertiary alicyclic amines) is 2. The molecule has 0 aromatic heterocycles. The van der Waals surface area contributed by atoms with Crippen LogP contribution in [0.3, 0.4) is 0 Å². The highest BCUT2D eigenvalue weighted by atomic mass is 16.2. The summed E-state index contributed by atoms with van der Waals surface area (Å²) in [5.74, 6) is 0.489. The lowest BCUT2D eigenvalue weighted by molar-refractivity contribution is -0.137. The summed E-state index contributed by atoms with van der Waals surface area (Å²) in [5.41, 5.74) is 0. The third-order valence-electron chi connectivity index (χ3n) is 3.72. The molecule has 0 aromatic carbocycles. The van der Waals surface area contributed by atoms with Crippen molar-refractivity contribution < 1.29 is 4.79 Å². The first-order valence-corrected chi connectivity index (χ1v) is 6.07. The Balaban J connectivity index is 2.00. The van der Waals surface area contributed by atoms with Gasteiger partial charge in [0.25, 0.3) is 0 Å². The fraction of sp³-hybridized carbons (Fsp3) is 0.917. The van der Waals surface area contributed by atoms with Crippen LogP contribution in [0.1, 0.15) is 34.1 Å². The number of carbonyl (C=O) groups excluding carboxylic acids is 1. The Morgan fingerprint density at radius 2 is 1.80 bits per heavy atom. The van der Waals surface area contributed by atoms with Crippen molar-refractivity contribution in [3.05, 3.63) is 0 Å². The maximum absolute atomic E-state index is 11.9. The molecule has 86 valence electrons. The zero-order chi connectivity index (χ0) is 11.2. The Labute approximate surface area is 92.4 Å². The molecular formula is C12H22N2O. The van der Waals surface area contributed by atoms with Gasteiger partial charge in [-0.05, 0) is 20.3 Å². The lowest BCUT2D eigenvalue weighted by atomic mass is 10.1. The molecule has 2 atom stereocenters. The molecule has 15 heavy (non-hydrogen) atoms. The lowest BCUT2D eigenvalue weighted by Crippen LogP contribution is -2.51. The third kappa shape index (κ3) is 1.78. The summed E-state index contributed by atoms with van der Waals surface area (Å²) >= 11 is 0. The molecule has 2 aliphatic heterocycles. The smallest absolute Gasteiger partial charge is 0.225 e. The number of hydrogen-bond acceptors (Lipinski definition) is 2. The summed E-state index contributed by atoms with van der Waals surface area (Å²) in [6.45, 7) is 10.5. The van der Waals surface area contributed by atoms with Crippen LogP contribution in [0.2, 0.25) is 0 Å². The van der Waals surface area contributed by atoms with E-state index >= 15 is 0 Å². The zero-order valence-electron chi connectivity index (χ0n) is 10.2. The molecule has 3 heteroatoms. The minimum Gasteiger partial charge on any atom is -0.337 e. The van der Waals surface area contributed by atoms with Crippen molar-refractivity contribution in [1.29, 1.82) is 0 Å². The van der Waals surface area contributed by atoms with E-state index < -0.39 is 0 Å². The molecule has 2 aliphatic rings. The molecule has 1 amide bonds. The topological polar surface area (TPSA) is 23.6 Å². The van der Waals surface area contributed by atoms with Gasteiger partial charge in [0.2, 0.25) is 5.91 Å². The minimum absolute atomic E-state index is 0.150.